The molecule has 2 aromatic carbocycles. The summed E-state index contributed by atoms with van der Waals surface area (Å²) in [6.45, 7) is 1.02. The van der Waals surface area contributed by atoms with E-state index in [0.717, 1.165) is 12.0 Å². The zero-order valence-corrected chi connectivity index (χ0v) is 14.9. The van der Waals surface area contributed by atoms with Gasteiger partial charge in [0.15, 0.2) is 0 Å². The van der Waals surface area contributed by atoms with Crippen molar-refractivity contribution in [3.8, 4) is 0 Å². The summed E-state index contributed by atoms with van der Waals surface area (Å²) in [5, 5.41) is 5.26. The van der Waals surface area contributed by atoms with Gasteiger partial charge in [0.2, 0.25) is 11.8 Å². The average Bonchev–Trinajstić information content (AvgIpc) is 3.01. The number of anilines is 2. The summed E-state index contributed by atoms with van der Waals surface area (Å²) in [4.78, 5) is 37.4. The van der Waals surface area contributed by atoms with Crippen LogP contribution in [-0.2, 0) is 16.0 Å². The van der Waals surface area contributed by atoms with Gasteiger partial charge in [0.1, 0.15) is 0 Å². The highest BCUT2D eigenvalue weighted by Gasteiger charge is 2.34. The predicted octanol–water partition coefficient (Wildman–Crippen LogP) is 2.21. The van der Waals surface area contributed by atoms with Crippen molar-refractivity contribution in [1.29, 1.82) is 0 Å². The summed E-state index contributed by atoms with van der Waals surface area (Å²) < 4.78 is 0. The second kappa shape index (κ2) is 8.35. The van der Waals surface area contributed by atoms with E-state index in [9.17, 15) is 14.4 Å². The van der Waals surface area contributed by atoms with Gasteiger partial charge in [0.25, 0.3) is 0 Å². The number of carbonyl (C=O) groups is 3. The molecular weight excluding hydrogens is 344 g/mol. The number of carbonyl (C=O) groups excluding carboxylic acids is 3. The lowest BCUT2D eigenvalue weighted by Gasteiger charge is -2.16. The molecule has 0 bridgehead atoms. The van der Waals surface area contributed by atoms with Crippen LogP contribution in [0.15, 0.2) is 54.6 Å². The van der Waals surface area contributed by atoms with Gasteiger partial charge >= 0.3 is 6.03 Å². The van der Waals surface area contributed by atoms with Gasteiger partial charge in [-0.05, 0) is 30.2 Å². The fourth-order valence-corrected chi connectivity index (χ4v) is 3.13. The molecule has 1 heterocycles. The molecule has 4 N–H and O–H groups in total. The molecule has 1 fully saturated rings. The first-order valence-electron chi connectivity index (χ1n) is 8.80. The topological polar surface area (TPSA) is 105 Å². The summed E-state index contributed by atoms with van der Waals surface area (Å²) in [7, 11) is 0. The minimum atomic E-state index is -0.672. The van der Waals surface area contributed by atoms with Crippen LogP contribution in [0.2, 0.25) is 0 Å². The normalized spacial score (nSPS) is 16.2. The third-order valence-electron chi connectivity index (χ3n) is 4.50. The summed E-state index contributed by atoms with van der Waals surface area (Å²) in [6, 6.07) is 16.0. The fraction of sp³-hybridized carbons (Fsp3) is 0.250. The van der Waals surface area contributed by atoms with E-state index in [4.69, 9.17) is 5.73 Å². The van der Waals surface area contributed by atoms with Gasteiger partial charge in [-0.1, -0.05) is 36.4 Å². The first kappa shape index (κ1) is 18.4. The minimum Gasteiger partial charge on any atom is -0.351 e. The monoisotopic (exact) mass is 366 g/mol. The van der Waals surface area contributed by atoms with Crippen molar-refractivity contribution >= 4 is 29.2 Å². The molecule has 0 saturated carbocycles. The number of likely N-dealkylation sites (tertiary alicyclic amines) is 1. The maximum Gasteiger partial charge on any atom is 0.316 e. The van der Waals surface area contributed by atoms with E-state index in [1.165, 1.54) is 0 Å². The van der Waals surface area contributed by atoms with Gasteiger partial charge in [0.05, 0.1) is 5.92 Å². The third-order valence-corrected chi connectivity index (χ3v) is 4.50. The van der Waals surface area contributed by atoms with Gasteiger partial charge in [-0.3, -0.25) is 9.59 Å². The maximum absolute atomic E-state index is 12.5. The molecule has 1 saturated heterocycles. The Morgan fingerprint density at radius 1 is 1.04 bits per heavy atom. The zero-order chi connectivity index (χ0) is 19.2. The molecule has 1 unspecified atom stereocenters. The lowest BCUT2D eigenvalue weighted by Crippen LogP contribution is -2.30. The number of benzene rings is 2. The number of hydrogen-bond donors (Lipinski definition) is 3. The van der Waals surface area contributed by atoms with E-state index in [-0.39, 0.29) is 24.2 Å². The molecule has 0 aromatic heterocycles. The highest BCUT2D eigenvalue weighted by atomic mass is 16.2. The number of nitrogens with one attached hydrogen (secondary N) is 2. The third kappa shape index (κ3) is 5.07. The Balaban J connectivity index is 1.55. The molecule has 140 valence electrons. The Bertz CT molecular complexity index is 838. The van der Waals surface area contributed by atoms with Crippen LogP contribution in [0.3, 0.4) is 0 Å². The number of rotatable bonds is 6. The molecule has 1 atom stereocenters. The molecule has 0 radical (unpaired) electrons. The highest BCUT2D eigenvalue weighted by molar-refractivity contribution is 5.98. The van der Waals surface area contributed by atoms with Crippen LogP contribution in [-0.4, -0.2) is 35.8 Å². The Morgan fingerprint density at radius 3 is 2.44 bits per heavy atom. The lowest BCUT2D eigenvalue weighted by molar-refractivity contribution is -0.128. The van der Waals surface area contributed by atoms with Crippen molar-refractivity contribution in [3.05, 3.63) is 60.2 Å². The van der Waals surface area contributed by atoms with E-state index in [1.54, 1.807) is 29.2 Å². The van der Waals surface area contributed by atoms with E-state index >= 15 is 0 Å². The Hall–Kier alpha value is -3.35. The second-order valence-corrected chi connectivity index (χ2v) is 6.54. The number of urea groups is 1. The van der Waals surface area contributed by atoms with Crippen LogP contribution in [0.1, 0.15) is 12.0 Å². The summed E-state index contributed by atoms with van der Waals surface area (Å²) in [5.41, 5.74) is 7.30. The zero-order valence-electron chi connectivity index (χ0n) is 14.9. The Labute approximate surface area is 157 Å². The van der Waals surface area contributed by atoms with Crippen LogP contribution in [0.5, 0.6) is 0 Å². The van der Waals surface area contributed by atoms with E-state index in [2.05, 4.69) is 10.6 Å². The van der Waals surface area contributed by atoms with E-state index in [0.29, 0.717) is 24.5 Å². The molecule has 1 aliphatic heterocycles. The van der Waals surface area contributed by atoms with Gasteiger partial charge in [-0.15, -0.1) is 0 Å². The quantitative estimate of drug-likeness (QED) is 0.730. The van der Waals surface area contributed by atoms with Crippen molar-refractivity contribution in [3.63, 3.8) is 0 Å². The fourth-order valence-electron chi connectivity index (χ4n) is 3.13. The summed E-state index contributed by atoms with van der Waals surface area (Å²) in [5.74, 6) is -0.599. The Kier molecular flexibility index (Phi) is 5.71. The number of primary amides is 1. The molecule has 4 amide bonds. The van der Waals surface area contributed by atoms with Crippen molar-refractivity contribution in [2.75, 3.05) is 23.7 Å². The summed E-state index contributed by atoms with van der Waals surface area (Å²) >= 11 is 0. The number of amides is 4. The molecule has 0 aliphatic carbocycles. The molecule has 1 aliphatic rings. The standard InChI is InChI=1S/C20H22N4O3/c21-20(27)23-17-8-4-7-16(12-17)22-19(26)15-11-18(25)24(13-15)10-9-14-5-2-1-3-6-14/h1-8,12,15H,9-11,13H2,(H,22,26)(H3,21,23,27). The molecule has 7 nitrogen and oxygen atoms in total. The van der Waals surface area contributed by atoms with Crippen LogP contribution in [0.25, 0.3) is 0 Å². The van der Waals surface area contributed by atoms with Crippen LogP contribution < -0.4 is 16.4 Å². The van der Waals surface area contributed by atoms with Crippen molar-refractivity contribution in [1.82, 2.24) is 4.90 Å². The van der Waals surface area contributed by atoms with Crippen molar-refractivity contribution in [2.24, 2.45) is 11.7 Å². The van der Waals surface area contributed by atoms with Crippen LogP contribution >= 0.6 is 0 Å². The maximum atomic E-state index is 12.5. The second-order valence-electron chi connectivity index (χ2n) is 6.54. The molecular formula is C20H22N4O3. The molecule has 0 spiro atoms. The number of nitrogens with two attached hydrogens (primary N) is 1. The molecule has 27 heavy (non-hydrogen) atoms. The Morgan fingerprint density at radius 2 is 1.74 bits per heavy atom. The van der Waals surface area contributed by atoms with Gasteiger partial charge in [-0.2, -0.15) is 0 Å². The largest absolute Gasteiger partial charge is 0.351 e. The minimum absolute atomic E-state index is 0.00442. The van der Waals surface area contributed by atoms with Crippen LogP contribution in [0, 0.1) is 5.92 Å². The highest BCUT2D eigenvalue weighted by Crippen LogP contribution is 2.21. The molecule has 3 rings (SSSR count). The van der Waals surface area contributed by atoms with Crippen molar-refractivity contribution in [2.45, 2.75) is 12.8 Å². The van der Waals surface area contributed by atoms with Gasteiger partial charge in [0, 0.05) is 30.9 Å². The van der Waals surface area contributed by atoms with E-state index in [1.807, 2.05) is 30.3 Å². The number of hydrogen-bond acceptors (Lipinski definition) is 3. The molecule has 2 aromatic rings. The van der Waals surface area contributed by atoms with E-state index < -0.39 is 6.03 Å². The SMILES string of the molecule is NC(=O)Nc1cccc(NC(=O)C2CC(=O)N(CCc3ccccc3)C2)c1. The smallest absolute Gasteiger partial charge is 0.316 e. The average molecular weight is 366 g/mol. The number of nitrogens with zero attached hydrogens (tertiary/aromatic N) is 1. The predicted molar refractivity (Wildman–Crippen MR) is 103 cm³/mol. The summed E-state index contributed by atoms with van der Waals surface area (Å²) in [6.07, 6.45) is 0.974. The van der Waals surface area contributed by atoms with Gasteiger partial charge < -0.3 is 21.3 Å². The first-order valence-corrected chi connectivity index (χ1v) is 8.80. The molecule has 7 heteroatoms. The van der Waals surface area contributed by atoms with Crippen LogP contribution in [0.4, 0.5) is 16.2 Å². The lowest BCUT2D eigenvalue weighted by atomic mass is 10.1. The van der Waals surface area contributed by atoms with Crippen molar-refractivity contribution < 1.29 is 14.4 Å². The first-order chi connectivity index (χ1) is 13.0. The van der Waals surface area contributed by atoms with Gasteiger partial charge in [-0.25, -0.2) is 4.79 Å².